The molecule has 4 unspecified atom stereocenters. The molecule has 0 radical (unpaired) electrons. The largest absolute Gasteiger partial charge is 0.0651 e. The minimum absolute atomic E-state index is 0.929. The Hall–Kier alpha value is 0. The van der Waals surface area contributed by atoms with Crippen LogP contribution in [0, 0.1) is 29.6 Å². The normalized spacial score (nSPS) is 45.0. The van der Waals surface area contributed by atoms with Gasteiger partial charge in [0.05, 0.1) is 0 Å². The lowest BCUT2D eigenvalue weighted by molar-refractivity contribution is 0.482. The molecule has 2 aliphatic carbocycles. The van der Waals surface area contributed by atoms with Crippen LogP contribution in [-0.2, 0) is 0 Å². The van der Waals surface area contributed by atoms with E-state index in [0.29, 0.717) is 0 Å². The maximum atomic E-state index is 2.36. The fourth-order valence-corrected chi connectivity index (χ4v) is 2.94. The van der Waals surface area contributed by atoms with E-state index in [1.165, 1.54) is 18.8 Å². The van der Waals surface area contributed by atoms with Gasteiger partial charge < -0.3 is 0 Å². The highest BCUT2D eigenvalue weighted by Gasteiger charge is 2.52. The minimum atomic E-state index is 0.929. The third kappa shape index (κ3) is 1.67. The lowest BCUT2D eigenvalue weighted by Gasteiger charge is -2.02. The summed E-state index contributed by atoms with van der Waals surface area (Å²) in [5.41, 5.74) is 0. The van der Waals surface area contributed by atoms with Gasteiger partial charge in [-0.25, -0.2) is 0 Å². The van der Waals surface area contributed by atoms with E-state index < -0.39 is 0 Å². The van der Waals surface area contributed by atoms with Crippen LogP contribution in [0.1, 0.15) is 46.5 Å². The van der Waals surface area contributed by atoms with Gasteiger partial charge in [-0.05, 0) is 48.9 Å². The first-order chi connectivity index (χ1) is 5.72. The van der Waals surface area contributed by atoms with Gasteiger partial charge in [-0.2, -0.15) is 0 Å². The van der Waals surface area contributed by atoms with Gasteiger partial charge >= 0.3 is 0 Å². The van der Waals surface area contributed by atoms with Crippen molar-refractivity contribution in [3.05, 3.63) is 0 Å². The maximum Gasteiger partial charge on any atom is -0.0352 e. The molecular formula is C12H22. The third-order valence-corrected chi connectivity index (χ3v) is 3.80. The lowest BCUT2D eigenvalue weighted by Crippen LogP contribution is -1.93. The summed E-state index contributed by atoms with van der Waals surface area (Å²) < 4.78 is 0. The average molecular weight is 166 g/mol. The van der Waals surface area contributed by atoms with E-state index in [1.54, 1.807) is 12.8 Å². The summed E-state index contributed by atoms with van der Waals surface area (Å²) in [7, 11) is 0. The molecule has 0 heteroatoms. The summed E-state index contributed by atoms with van der Waals surface area (Å²) in [6, 6.07) is 0. The van der Waals surface area contributed by atoms with Gasteiger partial charge in [0.15, 0.2) is 0 Å². The van der Waals surface area contributed by atoms with Crippen molar-refractivity contribution >= 4 is 0 Å². The Bertz CT molecular complexity index is 159. The molecule has 12 heavy (non-hydrogen) atoms. The van der Waals surface area contributed by atoms with Crippen molar-refractivity contribution in [3.63, 3.8) is 0 Å². The zero-order valence-electron chi connectivity index (χ0n) is 8.72. The molecular weight excluding hydrogens is 144 g/mol. The molecule has 0 amide bonds. The second-order valence-corrected chi connectivity index (χ2v) is 5.36. The topological polar surface area (TPSA) is 0 Å². The predicted molar refractivity (Wildman–Crippen MR) is 52.9 cm³/mol. The van der Waals surface area contributed by atoms with E-state index in [-0.39, 0.29) is 0 Å². The molecule has 2 saturated carbocycles. The monoisotopic (exact) mass is 166 g/mol. The van der Waals surface area contributed by atoms with Crippen molar-refractivity contribution in [1.82, 2.24) is 0 Å². The van der Waals surface area contributed by atoms with Gasteiger partial charge in [0.2, 0.25) is 0 Å². The van der Waals surface area contributed by atoms with Crippen molar-refractivity contribution < 1.29 is 0 Å². The molecule has 0 nitrogen and oxygen atoms in total. The van der Waals surface area contributed by atoms with Crippen molar-refractivity contribution in [1.29, 1.82) is 0 Å². The van der Waals surface area contributed by atoms with Gasteiger partial charge in [-0.1, -0.05) is 27.2 Å². The Morgan fingerprint density at radius 1 is 1.08 bits per heavy atom. The SMILES string of the molecule is CCC1CC1C1CC1CC(C)C. The smallest absolute Gasteiger partial charge is 0.0352 e. The molecule has 2 aliphatic rings. The summed E-state index contributed by atoms with van der Waals surface area (Å²) >= 11 is 0. The van der Waals surface area contributed by atoms with E-state index in [4.69, 9.17) is 0 Å². The molecule has 70 valence electrons. The fourth-order valence-electron chi connectivity index (χ4n) is 2.94. The molecule has 2 rings (SSSR count). The van der Waals surface area contributed by atoms with E-state index in [2.05, 4.69) is 20.8 Å². The summed E-state index contributed by atoms with van der Waals surface area (Å²) in [4.78, 5) is 0. The Morgan fingerprint density at radius 2 is 1.67 bits per heavy atom. The Morgan fingerprint density at radius 3 is 2.17 bits per heavy atom. The molecule has 4 atom stereocenters. The van der Waals surface area contributed by atoms with Crippen LogP contribution >= 0.6 is 0 Å². The van der Waals surface area contributed by atoms with Crippen LogP contribution in [0.25, 0.3) is 0 Å². The predicted octanol–water partition coefficient (Wildman–Crippen LogP) is 3.71. The summed E-state index contributed by atoms with van der Waals surface area (Å²) in [5.74, 6) is 5.52. The van der Waals surface area contributed by atoms with Gasteiger partial charge in [-0.15, -0.1) is 0 Å². The quantitative estimate of drug-likeness (QED) is 0.597. The van der Waals surface area contributed by atoms with Crippen LogP contribution in [-0.4, -0.2) is 0 Å². The molecule has 0 N–H and O–H groups in total. The van der Waals surface area contributed by atoms with Gasteiger partial charge in [0.1, 0.15) is 0 Å². The first kappa shape index (κ1) is 8.59. The zero-order valence-corrected chi connectivity index (χ0v) is 8.72. The van der Waals surface area contributed by atoms with Crippen LogP contribution in [0.5, 0.6) is 0 Å². The maximum absolute atomic E-state index is 2.36. The number of rotatable bonds is 4. The standard InChI is InChI=1S/C12H22/c1-4-9-6-11(9)12-7-10(12)5-8(2)3/h8-12H,4-7H2,1-3H3. The summed E-state index contributed by atoms with van der Waals surface area (Å²) in [5, 5.41) is 0. The van der Waals surface area contributed by atoms with Crippen LogP contribution in [0.2, 0.25) is 0 Å². The Kier molecular flexibility index (Phi) is 2.18. The van der Waals surface area contributed by atoms with Crippen LogP contribution < -0.4 is 0 Å². The van der Waals surface area contributed by atoms with Gasteiger partial charge in [0, 0.05) is 0 Å². The molecule has 0 aromatic carbocycles. The molecule has 0 heterocycles. The van der Waals surface area contributed by atoms with Crippen LogP contribution in [0.3, 0.4) is 0 Å². The average Bonchev–Trinajstić information content (AvgIpc) is 2.76. The van der Waals surface area contributed by atoms with Crippen molar-refractivity contribution in [2.24, 2.45) is 29.6 Å². The van der Waals surface area contributed by atoms with E-state index >= 15 is 0 Å². The highest BCUT2D eigenvalue weighted by atomic mass is 14.6. The number of hydrogen-bond donors (Lipinski definition) is 0. The fraction of sp³-hybridized carbons (Fsp3) is 1.00. The zero-order chi connectivity index (χ0) is 8.72. The van der Waals surface area contributed by atoms with E-state index in [1.807, 2.05) is 0 Å². The van der Waals surface area contributed by atoms with Crippen molar-refractivity contribution in [3.8, 4) is 0 Å². The van der Waals surface area contributed by atoms with E-state index in [9.17, 15) is 0 Å². The molecule has 0 aliphatic heterocycles. The molecule has 0 spiro atoms. The molecule has 0 bridgehead atoms. The van der Waals surface area contributed by atoms with Gasteiger partial charge in [-0.3, -0.25) is 0 Å². The molecule has 2 fully saturated rings. The Labute approximate surface area is 76.7 Å². The van der Waals surface area contributed by atoms with Crippen molar-refractivity contribution in [2.45, 2.75) is 46.5 Å². The Balaban J connectivity index is 1.68. The highest BCUT2D eigenvalue weighted by Crippen LogP contribution is 2.60. The minimum Gasteiger partial charge on any atom is -0.0651 e. The van der Waals surface area contributed by atoms with Crippen LogP contribution in [0.4, 0.5) is 0 Å². The highest BCUT2D eigenvalue weighted by molar-refractivity contribution is 5.01. The third-order valence-electron chi connectivity index (χ3n) is 3.80. The summed E-state index contributed by atoms with van der Waals surface area (Å²) in [6.45, 7) is 7.07. The number of hydrogen-bond acceptors (Lipinski definition) is 0. The lowest BCUT2D eigenvalue weighted by atomic mass is 10.0. The summed E-state index contributed by atoms with van der Waals surface area (Å²) in [6.07, 6.45) is 6.07. The van der Waals surface area contributed by atoms with Crippen LogP contribution in [0.15, 0.2) is 0 Å². The first-order valence-corrected chi connectivity index (χ1v) is 5.72. The molecule has 0 saturated heterocycles. The van der Waals surface area contributed by atoms with Crippen molar-refractivity contribution in [2.75, 3.05) is 0 Å². The van der Waals surface area contributed by atoms with E-state index in [0.717, 1.165) is 23.7 Å². The molecule has 0 aromatic rings. The second kappa shape index (κ2) is 3.05. The van der Waals surface area contributed by atoms with Gasteiger partial charge in [0.25, 0.3) is 0 Å². The first-order valence-electron chi connectivity index (χ1n) is 5.72. The second-order valence-electron chi connectivity index (χ2n) is 5.36. The molecule has 0 aromatic heterocycles.